The van der Waals surface area contributed by atoms with E-state index in [-0.39, 0.29) is 11.9 Å². The summed E-state index contributed by atoms with van der Waals surface area (Å²) in [6.45, 7) is 5.84. The van der Waals surface area contributed by atoms with Gasteiger partial charge >= 0.3 is 0 Å². The Morgan fingerprint density at radius 3 is 2.55 bits per heavy atom. The van der Waals surface area contributed by atoms with E-state index in [0.717, 1.165) is 15.6 Å². The van der Waals surface area contributed by atoms with Gasteiger partial charge in [0.25, 0.3) is 5.91 Å². The summed E-state index contributed by atoms with van der Waals surface area (Å²) in [6, 6.07) is -0.0977. The predicted octanol–water partition coefficient (Wildman–Crippen LogP) is 2.08. The van der Waals surface area contributed by atoms with Crippen LogP contribution in [0.15, 0.2) is 12.4 Å². The normalized spacial score (nSPS) is 12.0. The fourth-order valence-corrected chi connectivity index (χ4v) is 2.79. The van der Waals surface area contributed by atoms with Gasteiger partial charge in [0, 0.05) is 11.9 Å². The zero-order valence-corrected chi connectivity index (χ0v) is 12.7. The van der Waals surface area contributed by atoms with Crippen LogP contribution >= 0.6 is 11.3 Å². The summed E-state index contributed by atoms with van der Waals surface area (Å²) in [5.41, 5.74) is 1.26. The molecule has 0 saturated heterocycles. The molecule has 6 nitrogen and oxygen atoms in total. The fraction of sp³-hybridized carbons (Fsp3) is 0.385. The van der Waals surface area contributed by atoms with Crippen LogP contribution < -0.4 is 10.6 Å². The van der Waals surface area contributed by atoms with Crippen molar-refractivity contribution in [3.05, 3.63) is 33.7 Å². The smallest absolute Gasteiger partial charge is 0.271 e. The highest BCUT2D eigenvalue weighted by Gasteiger charge is 2.17. The van der Waals surface area contributed by atoms with Gasteiger partial charge in [-0.1, -0.05) is 0 Å². The van der Waals surface area contributed by atoms with Gasteiger partial charge in [-0.05, 0) is 20.8 Å². The SMILES string of the molecule is CNc1cnc(C(=O)NC(C)c2sc(C)nc2C)cn1. The minimum Gasteiger partial charge on any atom is -0.372 e. The molecular weight excluding hydrogens is 274 g/mol. The van der Waals surface area contributed by atoms with Crippen LogP contribution in [0.2, 0.25) is 0 Å². The van der Waals surface area contributed by atoms with Gasteiger partial charge in [-0.25, -0.2) is 15.0 Å². The van der Waals surface area contributed by atoms with Gasteiger partial charge in [-0.3, -0.25) is 4.79 Å². The van der Waals surface area contributed by atoms with Gasteiger partial charge in [-0.2, -0.15) is 0 Å². The van der Waals surface area contributed by atoms with E-state index < -0.39 is 0 Å². The number of carbonyl (C=O) groups is 1. The van der Waals surface area contributed by atoms with Crippen molar-refractivity contribution in [3.8, 4) is 0 Å². The average molecular weight is 291 g/mol. The van der Waals surface area contributed by atoms with Crippen LogP contribution in [0, 0.1) is 13.8 Å². The zero-order chi connectivity index (χ0) is 14.7. The summed E-state index contributed by atoms with van der Waals surface area (Å²) in [4.78, 5) is 25.7. The summed E-state index contributed by atoms with van der Waals surface area (Å²) < 4.78 is 0. The lowest BCUT2D eigenvalue weighted by molar-refractivity contribution is 0.0935. The highest BCUT2D eigenvalue weighted by Crippen LogP contribution is 2.24. The zero-order valence-electron chi connectivity index (χ0n) is 11.9. The number of amides is 1. The summed E-state index contributed by atoms with van der Waals surface area (Å²) in [6.07, 6.45) is 2.99. The topological polar surface area (TPSA) is 79.8 Å². The van der Waals surface area contributed by atoms with E-state index >= 15 is 0 Å². The number of hydrogen-bond donors (Lipinski definition) is 2. The van der Waals surface area contributed by atoms with Crippen LogP contribution in [0.1, 0.15) is 39.0 Å². The van der Waals surface area contributed by atoms with Crippen molar-refractivity contribution >= 4 is 23.1 Å². The maximum atomic E-state index is 12.1. The lowest BCUT2D eigenvalue weighted by Gasteiger charge is -2.12. The Labute approximate surface area is 121 Å². The van der Waals surface area contributed by atoms with E-state index in [4.69, 9.17) is 0 Å². The molecule has 0 aliphatic rings. The maximum Gasteiger partial charge on any atom is 0.271 e. The number of thiazole rings is 1. The first-order chi connectivity index (χ1) is 9.51. The van der Waals surface area contributed by atoms with Crippen LogP contribution in [0.4, 0.5) is 5.82 Å². The molecular formula is C13H17N5OS. The molecule has 0 bridgehead atoms. The van der Waals surface area contributed by atoms with E-state index in [1.165, 1.54) is 12.4 Å². The summed E-state index contributed by atoms with van der Waals surface area (Å²) in [5.74, 6) is 0.390. The standard InChI is InChI=1S/C13H17N5OS/c1-7-12(20-9(3)17-7)8(2)18-13(19)10-5-16-11(14-4)6-15-10/h5-6,8H,1-4H3,(H,14,16)(H,18,19). The molecule has 0 aliphatic carbocycles. The third-order valence-electron chi connectivity index (χ3n) is 2.82. The Hall–Kier alpha value is -2.02. The molecule has 2 heterocycles. The number of carbonyl (C=O) groups excluding carboxylic acids is 1. The first kappa shape index (κ1) is 14.4. The Morgan fingerprint density at radius 2 is 2.05 bits per heavy atom. The van der Waals surface area contributed by atoms with Crippen molar-refractivity contribution in [2.45, 2.75) is 26.8 Å². The molecule has 106 valence electrons. The fourth-order valence-electron chi connectivity index (χ4n) is 1.86. The van der Waals surface area contributed by atoms with Crippen molar-refractivity contribution < 1.29 is 4.79 Å². The van der Waals surface area contributed by atoms with Crippen molar-refractivity contribution in [2.75, 3.05) is 12.4 Å². The van der Waals surface area contributed by atoms with Crippen LogP contribution in [0.25, 0.3) is 0 Å². The van der Waals surface area contributed by atoms with Crippen molar-refractivity contribution in [1.82, 2.24) is 20.3 Å². The Morgan fingerprint density at radius 1 is 1.30 bits per heavy atom. The van der Waals surface area contributed by atoms with Gasteiger partial charge in [0.15, 0.2) is 0 Å². The van der Waals surface area contributed by atoms with Crippen molar-refractivity contribution in [2.24, 2.45) is 0 Å². The number of rotatable bonds is 4. The highest BCUT2D eigenvalue weighted by molar-refractivity contribution is 7.11. The van der Waals surface area contributed by atoms with Crippen LogP contribution in [-0.2, 0) is 0 Å². The molecule has 2 aromatic rings. The summed E-state index contributed by atoms with van der Waals surface area (Å²) >= 11 is 1.59. The third kappa shape index (κ3) is 3.11. The maximum absolute atomic E-state index is 12.1. The van der Waals surface area contributed by atoms with Crippen LogP contribution in [-0.4, -0.2) is 27.9 Å². The number of aromatic nitrogens is 3. The van der Waals surface area contributed by atoms with Gasteiger partial charge in [0.2, 0.25) is 0 Å². The van der Waals surface area contributed by atoms with Gasteiger partial charge in [0.1, 0.15) is 11.5 Å². The number of hydrogen-bond acceptors (Lipinski definition) is 6. The van der Waals surface area contributed by atoms with Crippen molar-refractivity contribution in [1.29, 1.82) is 0 Å². The molecule has 0 radical (unpaired) electrons. The monoisotopic (exact) mass is 291 g/mol. The second-order valence-electron chi connectivity index (χ2n) is 4.41. The van der Waals surface area contributed by atoms with Gasteiger partial charge in [0.05, 0.1) is 29.1 Å². The molecule has 1 atom stereocenters. The van der Waals surface area contributed by atoms with E-state index in [9.17, 15) is 4.79 Å². The number of nitrogens with one attached hydrogen (secondary N) is 2. The van der Waals surface area contributed by atoms with E-state index in [2.05, 4.69) is 25.6 Å². The van der Waals surface area contributed by atoms with Gasteiger partial charge in [-0.15, -0.1) is 11.3 Å². The molecule has 0 fully saturated rings. The Bertz CT molecular complexity index is 608. The van der Waals surface area contributed by atoms with E-state index in [0.29, 0.717) is 11.5 Å². The van der Waals surface area contributed by atoms with Crippen molar-refractivity contribution in [3.63, 3.8) is 0 Å². The van der Waals surface area contributed by atoms with Crippen LogP contribution in [0.3, 0.4) is 0 Å². The average Bonchev–Trinajstić information content (AvgIpc) is 2.78. The summed E-state index contributed by atoms with van der Waals surface area (Å²) in [5, 5.41) is 6.77. The molecule has 20 heavy (non-hydrogen) atoms. The quantitative estimate of drug-likeness (QED) is 0.901. The molecule has 2 rings (SSSR count). The number of anilines is 1. The number of aryl methyl sites for hydroxylation is 2. The molecule has 0 spiro atoms. The Kier molecular flexibility index (Phi) is 4.29. The largest absolute Gasteiger partial charge is 0.372 e. The van der Waals surface area contributed by atoms with E-state index in [1.807, 2.05) is 20.8 Å². The minimum absolute atomic E-state index is 0.0977. The molecule has 0 aromatic carbocycles. The van der Waals surface area contributed by atoms with Gasteiger partial charge < -0.3 is 10.6 Å². The Balaban J connectivity index is 2.08. The molecule has 2 N–H and O–H groups in total. The number of nitrogens with zero attached hydrogens (tertiary/aromatic N) is 3. The molecule has 7 heteroatoms. The third-order valence-corrected chi connectivity index (χ3v) is 4.08. The first-order valence-electron chi connectivity index (χ1n) is 6.26. The molecule has 0 aliphatic heterocycles. The lowest BCUT2D eigenvalue weighted by atomic mass is 10.2. The second kappa shape index (κ2) is 5.96. The molecule has 0 saturated carbocycles. The first-order valence-corrected chi connectivity index (χ1v) is 7.07. The molecule has 2 aromatic heterocycles. The molecule has 1 amide bonds. The van der Waals surface area contributed by atoms with E-state index in [1.54, 1.807) is 18.4 Å². The lowest BCUT2D eigenvalue weighted by Crippen LogP contribution is -2.27. The summed E-state index contributed by atoms with van der Waals surface area (Å²) in [7, 11) is 1.75. The molecule has 1 unspecified atom stereocenters. The second-order valence-corrected chi connectivity index (χ2v) is 5.65. The minimum atomic E-state index is -0.238. The predicted molar refractivity (Wildman–Crippen MR) is 79.0 cm³/mol. The van der Waals surface area contributed by atoms with Crippen LogP contribution in [0.5, 0.6) is 0 Å². The highest BCUT2D eigenvalue weighted by atomic mass is 32.1.